The summed E-state index contributed by atoms with van der Waals surface area (Å²) in [6.07, 6.45) is 0. The van der Waals surface area contributed by atoms with Crippen molar-refractivity contribution in [3.63, 3.8) is 0 Å². The molecule has 0 saturated carbocycles. The predicted molar refractivity (Wildman–Crippen MR) is 123 cm³/mol. The van der Waals surface area contributed by atoms with Gasteiger partial charge in [0, 0.05) is 50.9 Å². The van der Waals surface area contributed by atoms with E-state index in [1.165, 1.54) is 0 Å². The van der Waals surface area contributed by atoms with E-state index >= 15 is 0 Å². The van der Waals surface area contributed by atoms with Gasteiger partial charge in [0.15, 0.2) is 5.69 Å². The van der Waals surface area contributed by atoms with Crippen molar-refractivity contribution in [1.82, 2.24) is 30.5 Å². The number of hydrogen-bond donors (Lipinski definition) is 2. The second-order valence-corrected chi connectivity index (χ2v) is 7.95. The first-order chi connectivity index (χ1) is 16.5. The molecule has 11 heteroatoms. The molecule has 34 heavy (non-hydrogen) atoms. The number of nitrogens with one attached hydrogen (secondary N) is 2. The Morgan fingerprint density at radius 3 is 2.59 bits per heavy atom. The van der Waals surface area contributed by atoms with Crippen LogP contribution in [0.1, 0.15) is 26.7 Å². The van der Waals surface area contributed by atoms with Crippen LogP contribution in [0.4, 0.5) is 0 Å². The number of aromatic amines is 1. The van der Waals surface area contributed by atoms with E-state index < -0.39 is 0 Å². The molecule has 11 nitrogen and oxygen atoms in total. The number of nitrogens with zero attached hydrogens (tertiary/aromatic N) is 4. The van der Waals surface area contributed by atoms with Gasteiger partial charge in [-0.15, -0.1) is 0 Å². The van der Waals surface area contributed by atoms with Crippen LogP contribution in [0.5, 0.6) is 11.5 Å². The monoisotopic (exact) mass is 468 g/mol. The van der Waals surface area contributed by atoms with Gasteiger partial charge in [0.2, 0.25) is 0 Å². The third-order valence-electron chi connectivity index (χ3n) is 5.73. The molecule has 0 bridgehead atoms. The fraction of sp³-hybridized carbons (Fsp3) is 0.391. The molecule has 2 aromatic heterocycles. The second kappa shape index (κ2) is 10.4. The molecular weight excluding hydrogens is 440 g/mol. The molecule has 1 saturated heterocycles. The number of aromatic nitrogens is 3. The van der Waals surface area contributed by atoms with Crippen molar-refractivity contribution in [2.45, 2.75) is 6.92 Å². The Hall–Kier alpha value is -3.86. The summed E-state index contributed by atoms with van der Waals surface area (Å²) in [6, 6.07) is 8.74. The number of aryl methyl sites for hydroxylation is 1. The highest BCUT2D eigenvalue weighted by Crippen LogP contribution is 2.32. The Morgan fingerprint density at radius 1 is 1.12 bits per heavy atom. The van der Waals surface area contributed by atoms with Gasteiger partial charge in [-0.05, 0) is 31.2 Å². The number of ether oxygens (including phenoxy) is 2. The number of benzene rings is 1. The van der Waals surface area contributed by atoms with E-state index in [-0.39, 0.29) is 11.8 Å². The molecule has 1 aromatic carbocycles. The Morgan fingerprint density at radius 2 is 1.91 bits per heavy atom. The number of methoxy groups -OCH3 is 2. The van der Waals surface area contributed by atoms with E-state index in [0.717, 1.165) is 18.7 Å². The molecule has 1 aliphatic heterocycles. The van der Waals surface area contributed by atoms with Crippen LogP contribution in [-0.4, -0.2) is 90.5 Å². The lowest BCUT2D eigenvalue weighted by Crippen LogP contribution is -2.50. The number of carbonyl (C=O) groups is 2. The fourth-order valence-corrected chi connectivity index (χ4v) is 3.82. The first-order valence-electron chi connectivity index (χ1n) is 11.0. The molecule has 0 radical (unpaired) electrons. The zero-order valence-corrected chi connectivity index (χ0v) is 19.5. The van der Waals surface area contributed by atoms with Gasteiger partial charge in [-0.3, -0.25) is 19.6 Å². The molecule has 0 aliphatic carbocycles. The number of amides is 2. The van der Waals surface area contributed by atoms with Crippen LogP contribution in [0.3, 0.4) is 0 Å². The third-order valence-corrected chi connectivity index (χ3v) is 5.73. The number of piperazine rings is 1. The highest BCUT2D eigenvalue weighted by molar-refractivity contribution is 5.93. The molecule has 3 aromatic rings. The number of H-pyrrole nitrogens is 1. The molecule has 4 rings (SSSR count). The summed E-state index contributed by atoms with van der Waals surface area (Å²) in [5.74, 6) is 1.56. The molecule has 2 amide bonds. The van der Waals surface area contributed by atoms with Crippen LogP contribution >= 0.6 is 0 Å². The largest absolute Gasteiger partial charge is 0.497 e. The summed E-state index contributed by atoms with van der Waals surface area (Å²) in [5.41, 5.74) is 2.01. The summed E-state index contributed by atoms with van der Waals surface area (Å²) >= 11 is 0. The standard InChI is InChI=1S/C23H28N6O5/c1-15-12-20(27-34-15)23(31)29-10-8-28(9-11-29)7-6-24-22(30)19-14-18(25-26-19)17-13-16(32-2)4-5-21(17)33-3/h4-5,12-14H,6-11H2,1-3H3,(H,24,30)(H,25,26). The maximum absolute atomic E-state index is 12.6. The van der Waals surface area contributed by atoms with E-state index in [0.29, 0.717) is 60.5 Å². The molecule has 0 spiro atoms. The maximum atomic E-state index is 12.6. The average Bonchev–Trinajstić information content (AvgIpc) is 3.53. The molecule has 0 atom stereocenters. The smallest absolute Gasteiger partial charge is 0.276 e. The van der Waals surface area contributed by atoms with Gasteiger partial charge in [0.1, 0.15) is 23.0 Å². The van der Waals surface area contributed by atoms with Gasteiger partial charge in [-0.2, -0.15) is 5.10 Å². The molecule has 3 heterocycles. The van der Waals surface area contributed by atoms with Crippen LogP contribution in [0.25, 0.3) is 11.3 Å². The lowest BCUT2D eigenvalue weighted by Gasteiger charge is -2.34. The van der Waals surface area contributed by atoms with Crippen LogP contribution in [0, 0.1) is 6.92 Å². The first kappa shape index (κ1) is 23.3. The van der Waals surface area contributed by atoms with Crippen molar-refractivity contribution in [2.75, 3.05) is 53.5 Å². The van der Waals surface area contributed by atoms with Gasteiger partial charge >= 0.3 is 0 Å². The van der Waals surface area contributed by atoms with Crippen LogP contribution in [-0.2, 0) is 0 Å². The zero-order valence-electron chi connectivity index (χ0n) is 19.5. The number of hydrogen-bond acceptors (Lipinski definition) is 8. The molecule has 0 unspecified atom stereocenters. The van der Waals surface area contributed by atoms with Crippen LogP contribution in [0.15, 0.2) is 34.9 Å². The SMILES string of the molecule is COc1ccc(OC)c(-c2cc(C(=O)NCCN3CCN(C(=O)c4cc(C)on4)CC3)[nH]n2)c1. The molecule has 180 valence electrons. The van der Waals surface area contributed by atoms with Gasteiger partial charge in [-0.25, -0.2) is 0 Å². The molecular formula is C23H28N6O5. The normalized spacial score (nSPS) is 14.1. The topological polar surface area (TPSA) is 126 Å². The Labute approximate surface area is 197 Å². The van der Waals surface area contributed by atoms with Crippen molar-refractivity contribution in [2.24, 2.45) is 0 Å². The number of rotatable bonds is 8. The predicted octanol–water partition coefficient (Wildman–Crippen LogP) is 1.58. The summed E-state index contributed by atoms with van der Waals surface area (Å²) in [4.78, 5) is 29.0. The first-order valence-corrected chi connectivity index (χ1v) is 11.0. The Kier molecular flexibility index (Phi) is 7.12. The highest BCUT2D eigenvalue weighted by atomic mass is 16.5. The second-order valence-electron chi connectivity index (χ2n) is 7.95. The zero-order chi connectivity index (χ0) is 24.1. The summed E-state index contributed by atoms with van der Waals surface area (Å²) in [5, 5.41) is 13.8. The lowest BCUT2D eigenvalue weighted by atomic mass is 10.1. The van der Waals surface area contributed by atoms with Crippen molar-refractivity contribution >= 4 is 11.8 Å². The fourth-order valence-electron chi connectivity index (χ4n) is 3.82. The van der Waals surface area contributed by atoms with Gasteiger partial charge in [-0.1, -0.05) is 5.16 Å². The van der Waals surface area contributed by atoms with Crippen molar-refractivity contribution in [3.8, 4) is 22.8 Å². The van der Waals surface area contributed by atoms with Crippen molar-refractivity contribution in [1.29, 1.82) is 0 Å². The lowest BCUT2D eigenvalue weighted by molar-refractivity contribution is 0.0628. The van der Waals surface area contributed by atoms with E-state index in [4.69, 9.17) is 14.0 Å². The quantitative estimate of drug-likeness (QED) is 0.510. The minimum atomic E-state index is -0.240. The van der Waals surface area contributed by atoms with Gasteiger partial charge < -0.3 is 24.2 Å². The number of carbonyl (C=O) groups excluding carboxylic acids is 2. The minimum absolute atomic E-state index is 0.118. The third kappa shape index (κ3) is 5.20. The van der Waals surface area contributed by atoms with Crippen molar-refractivity contribution < 1.29 is 23.6 Å². The van der Waals surface area contributed by atoms with Gasteiger partial charge in [0.25, 0.3) is 11.8 Å². The summed E-state index contributed by atoms with van der Waals surface area (Å²) in [6.45, 7) is 5.57. The summed E-state index contributed by atoms with van der Waals surface area (Å²) in [7, 11) is 3.17. The van der Waals surface area contributed by atoms with E-state index in [1.807, 2.05) is 6.07 Å². The van der Waals surface area contributed by atoms with Gasteiger partial charge in [0.05, 0.1) is 19.9 Å². The van der Waals surface area contributed by atoms with Crippen molar-refractivity contribution in [3.05, 3.63) is 47.5 Å². The van der Waals surface area contributed by atoms with Crippen LogP contribution in [0.2, 0.25) is 0 Å². The van der Waals surface area contributed by atoms with E-state index in [1.54, 1.807) is 50.3 Å². The Balaban J connectivity index is 1.25. The highest BCUT2D eigenvalue weighted by Gasteiger charge is 2.24. The van der Waals surface area contributed by atoms with Crippen LogP contribution < -0.4 is 14.8 Å². The molecule has 1 fully saturated rings. The molecule has 2 N–H and O–H groups in total. The molecule has 1 aliphatic rings. The van der Waals surface area contributed by atoms with E-state index in [2.05, 4.69) is 25.6 Å². The summed E-state index contributed by atoms with van der Waals surface area (Å²) < 4.78 is 15.7. The average molecular weight is 469 g/mol. The minimum Gasteiger partial charge on any atom is -0.497 e. The Bertz CT molecular complexity index is 1150. The maximum Gasteiger partial charge on any atom is 0.276 e. The van der Waals surface area contributed by atoms with E-state index in [9.17, 15) is 9.59 Å².